The SMILES string of the molecule is CCCCC/C=C\C/C=C\CCCCCCCCC(O)C(=O)NC(CO)C(O)C(O)CCC/C=C/CC/C=C/CC/C=C/CCCCCC. The molecule has 1 amide bonds. The number of rotatable bonds is 35. The Morgan fingerprint density at radius 3 is 1.45 bits per heavy atom. The largest absolute Gasteiger partial charge is 0.394 e. The topological polar surface area (TPSA) is 110 Å². The third kappa shape index (κ3) is 31.7. The van der Waals surface area contributed by atoms with Crippen molar-refractivity contribution in [3.05, 3.63) is 60.8 Å². The van der Waals surface area contributed by atoms with E-state index >= 15 is 0 Å². The molecule has 0 saturated carbocycles. The van der Waals surface area contributed by atoms with Gasteiger partial charge in [0.25, 0.3) is 0 Å². The Balaban J connectivity index is 3.91. The molecule has 0 aliphatic heterocycles. The summed E-state index contributed by atoms with van der Waals surface area (Å²) < 4.78 is 0. The van der Waals surface area contributed by atoms with E-state index in [0.29, 0.717) is 19.3 Å². The van der Waals surface area contributed by atoms with Crippen molar-refractivity contribution in [2.45, 2.75) is 199 Å². The van der Waals surface area contributed by atoms with E-state index in [1.165, 1.54) is 70.6 Å². The number of nitrogens with one attached hydrogen (secondary N) is 1. The lowest BCUT2D eigenvalue weighted by Crippen LogP contribution is -2.53. The lowest BCUT2D eigenvalue weighted by atomic mass is 10.00. The molecule has 0 aliphatic rings. The minimum atomic E-state index is -1.30. The van der Waals surface area contributed by atoms with Gasteiger partial charge in [0.2, 0.25) is 5.91 Å². The molecule has 4 atom stereocenters. The second-order valence-corrected chi connectivity index (χ2v) is 13.6. The maximum atomic E-state index is 12.5. The summed E-state index contributed by atoms with van der Waals surface area (Å²) in [6.45, 7) is 3.96. The standard InChI is InChI=1S/C43H77NO5/c1-3-5-7-9-11-13-15-17-19-21-23-24-26-28-30-32-34-36-40(46)42(48)39(38-45)44-43(49)41(47)37-35-33-31-29-27-25-22-20-18-16-14-12-10-8-6-4-2/h12-15,18,20-21,23,28,30,39-42,45-48H,3-11,16-17,19,22,24-27,29,31-38H2,1-2H3,(H,44,49)/b14-12-,15-13+,20-18-,23-21+,30-28+. The van der Waals surface area contributed by atoms with Crippen LogP contribution in [0.5, 0.6) is 0 Å². The predicted molar refractivity (Wildman–Crippen MR) is 210 cm³/mol. The van der Waals surface area contributed by atoms with Gasteiger partial charge in [-0.2, -0.15) is 0 Å². The van der Waals surface area contributed by atoms with Gasteiger partial charge in [0.15, 0.2) is 0 Å². The molecule has 0 bridgehead atoms. The number of hydrogen-bond acceptors (Lipinski definition) is 5. The number of amides is 1. The molecule has 5 N–H and O–H groups in total. The van der Waals surface area contributed by atoms with Crippen molar-refractivity contribution in [3.63, 3.8) is 0 Å². The van der Waals surface area contributed by atoms with Crippen LogP contribution < -0.4 is 5.32 Å². The molecule has 6 heteroatoms. The van der Waals surface area contributed by atoms with E-state index in [4.69, 9.17) is 0 Å². The van der Waals surface area contributed by atoms with Crippen molar-refractivity contribution in [3.8, 4) is 0 Å². The minimum Gasteiger partial charge on any atom is -0.394 e. The first-order valence-electron chi connectivity index (χ1n) is 20.2. The zero-order chi connectivity index (χ0) is 36.0. The first kappa shape index (κ1) is 47.0. The Bertz CT molecular complexity index is 864. The molecule has 0 fully saturated rings. The Hall–Kier alpha value is -1.99. The van der Waals surface area contributed by atoms with Gasteiger partial charge >= 0.3 is 0 Å². The lowest BCUT2D eigenvalue weighted by molar-refractivity contribution is -0.132. The fourth-order valence-corrected chi connectivity index (χ4v) is 5.64. The summed E-state index contributed by atoms with van der Waals surface area (Å²) in [4.78, 5) is 12.5. The van der Waals surface area contributed by atoms with Crippen LogP contribution in [0.3, 0.4) is 0 Å². The molecule has 0 aliphatic carbocycles. The molecule has 0 heterocycles. The number of carbonyl (C=O) groups excluding carboxylic acids is 1. The molecule has 4 unspecified atom stereocenters. The van der Waals surface area contributed by atoms with E-state index < -0.39 is 36.9 Å². The number of allylic oxidation sites excluding steroid dienone is 10. The molecule has 6 nitrogen and oxygen atoms in total. The molecule has 0 aromatic rings. The van der Waals surface area contributed by atoms with Gasteiger partial charge in [0.05, 0.1) is 18.8 Å². The van der Waals surface area contributed by atoms with Crippen LogP contribution in [0.2, 0.25) is 0 Å². The second-order valence-electron chi connectivity index (χ2n) is 13.6. The normalized spacial score (nSPS) is 15.0. The number of hydrogen-bond donors (Lipinski definition) is 5. The zero-order valence-corrected chi connectivity index (χ0v) is 31.7. The number of aliphatic hydroxyl groups is 4. The van der Waals surface area contributed by atoms with Crippen LogP contribution >= 0.6 is 0 Å². The molecule has 49 heavy (non-hydrogen) atoms. The summed E-state index contributed by atoms with van der Waals surface area (Å²) in [6.07, 6.45) is 45.2. The quantitative estimate of drug-likeness (QED) is 0.0337. The van der Waals surface area contributed by atoms with Crippen molar-refractivity contribution >= 4 is 5.91 Å². The summed E-state index contributed by atoms with van der Waals surface area (Å²) >= 11 is 0. The van der Waals surface area contributed by atoms with Gasteiger partial charge in [-0.15, -0.1) is 0 Å². The van der Waals surface area contributed by atoms with E-state index in [0.717, 1.165) is 70.6 Å². The lowest BCUT2D eigenvalue weighted by Gasteiger charge is -2.27. The van der Waals surface area contributed by atoms with Gasteiger partial charge in [0.1, 0.15) is 12.2 Å². The first-order chi connectivity index (χ1) is 24.0. The van der Waals surface area contributed by atoms with Crippen LogP contribution in [0, 0.1) is 0 Å². The van der Waals surface area contributed by atoms with Crippen LogP contribution in [0.1, 0.15) is 174 Å². The van der Waals surface area contributed by atoms with E-state index in [2.05, 4.69) is 79.9 Å². The first-order valence-corrected chi connectivity index (χ1v) is 20.2. The summed E-state index contributed by atoms with van der Waals surface area (Å²) in [7, 11) is 0. The van der Waals surface area contributed by atoms with Crippen molar-refractivity contribution in [2.75, 3.05) is 6.61 Å². The average molecular weight is 688 g/mol. The van der Waals surface area contributed by atoms with Crippen molar-refractivity contribution in [1.29, 1.82) is 0 Å². The van der Waals surface area contributed by atoms with Crippen molar-refractivity contribution in [2.24, 2.45) is 0 Å². The fraction of sp³-hybridized carbons (Fsp3) is 0.744. The molecule has 0 aromatic carbocycles. The molecular formula is C43H77NO5. The van der Waals surface area contributed by atoms with Crippen LogP contribution in [-0.4, -0.2) is 57.3 Å². The van der Waals surface area contributed by atoms with Gasteiger partial charge in [-0.05, 0) is 96.3 Å². The molecule has 0 rings (SSSR count). The third-order valence-corrected chi connectivity index (χ3v) is 8.91. The smallest absolute Gasteiger partial charge is 0.249 e. The maximum absolute atomic E-state index is 12.5. The van der Waals surface area contributed by atoms with E-state index in [-0.39, 0.29) is 0 Å². The van der Waals surface area contributed by atoms with Gasteiger partial charge in [-0.25, -0.2) is 0 Å². The maximum Gasteiger partial charge on any atom is 0.249 e. The molecule has 0 saturated heterocycles. The highest BCUT2D eigenvalue weighted by Crippen LogP contribution is 2.13. The van der Waals surface area contributed by atoms with Crippen molar-refractivity contribution in [1.82, 2.24) is 5.32 Å². The van der Waals surface area contributed by atoms with Gasteiger partial charge in [-0.3, -0.25) is 4.79 Å². The monoisotopic (exact) mass is 688 g/mol. The Kier molecular flexibility index (Phi) is 35.8. The summed E-state index contributed by atoms with van der Waals surface area (Å²) in [5.41, 5.74) is 0. The summed E-state index contributed by atoms with van der Waals surface area (Å²) in [6, 6.07) is -1.02. The number of aliphatic hydroxyl groups excluding tert-OH is 4. The van der Waals surface area contributed by atoms with E-state index in [1.807, 2.05) is 0 Å². The van der Waals surface area contributed by atoms with E-state index in [9.17, 15) is 25.2 Å². The number of unbranched alkanes of at least 4 members (excludes halogenated alkanes) is 16. The molecular weight excluding hydrogens is 610 g/mol. The number of carbonyl (C=O) groups is 1. The molecule has 0 radical (unpaired) electrons. The third-order valence-electron chi connectivity index (χ3n) is 8.91. The van der Waals surface area contributed by atoms with Gasteiger partial charge < -0.3 is 25.7 Å². The van der Waals surface area contributed by atoms with Gasteiger partial charge in [0, 0.05) is 0 Å². The van der Waals surface area contributed by atoms with Crippen LogP contribution in [-0.2, 0) is 4.79 Å². The summed E-state index contributed by atoms with van der Waals surface area (Å²) in [5, 5.41) is 43.5. The highest BCUT2D eigenvalue weighted by atomic mass is 16.3. The highest BCUT2D eigenvalue weighted by molar-refractivity contribution is 5.80. The van der Waals surface area contributed by atoms with E-state index in [1.54, 1.807) is 0 Å². The zero-order valence-electron chi connectivity index (χ0n) is 31.7. The Morgan fingerprint density at radius 1 is 0.510 bits per heavy atom. The van der Waals surface area contributed by atoms with Crippen molar-refractivity contribution < 1.29 is 25.2 Å². The molecule has 0 aromatic heterocycles. The Labute approximate surface area is 302 Å². The Morgan fingerprint density at radius 2 is 0.918 bits per heavy atom. The van der Waals surface area contributed by atoms with Gasteiger partial charge in [-0.1, -0.05) is 139 Å². The minimum absolute atomic E-state index is 0.343. The highest BCUT2D eigenvalue weighted by Gasteiger charge is 2.28. The predicted octanol–water partition coefficient (Wildman–Crippen LogP) is 10.1. The average Bonchev–Trinajstić information content (AvgIpc) is 3.11. The fourth-order valence-electron chi connectivity index (χ4n) is 5.64. The summed E-state index contributed by atoms with van der Waals surface area (Å²) in [5.74, 6) is -0.612. The van der Waals surface area contributed by atoms with Crippen LogP contribution in [0.15, 0.2) is 60.8 Å². The second kappa shape index (κ2) is 37.3. The van der Waals surface area contributed by atoms with Crippen LogP contribution in [0.25, 0.3) is 0 Å². The molecule has 0 spiro atoms. The van der Waals surface area contributed by atoms with Crippen LogP contribution in [0.4, 0.5) is 0 Å². The molecule has 284 valence electrons.